The Kier molecular flexibility index (Phi) is 4.17. The topological polar surface area (TPSA) is 73.0 Å². The van der Waals surface area contributed by atoms with Crippen LogP contribution in [0.25, 0.3) is 0 Å². The molecule has 2 aromatic heterocycles. The summed E-state index contributed by atoms with van der Waals surface area (Å²) in [6, 6.07) is 3.87. The maximum atomic E-state index is 13.2. The summed E-state index contributed by atoms with van der Waals surface area (Å²) >= 11 is 0. The lowest BCUT2D eigenvalue weighted by Crippen LogP contribution is -2.43. The van der Waals surface area contributed by atoms with Crippen LogP contribution in [0, 0.1) is 12.8 Å². The second-order valence-corrected chi connectivity index (χ2v) is 7.86. The lowest BCUT2D eigenvalue weighted by atomic mass is 10.1. The molecule has 0 N–H and O–H groups in total. The quantitative estimate of drug-likeness (QED) is 0.839. The maximum absolute atomic E-state index is 13.2. The Morgan fingerprint density at radius 1 is 1.31 bits per heavy atom. The van der Waals surface area contributed by atoms with Crippen LogP contribution in [0.15, 0.2) is 23.1 Å². The van der Waals surface area contributed by atoms with E-state index in [1.807, 2.05) is 24.0 Å². The highest BCUT2D eigenvalue weighted by atomic mass is 16.2. The van der Waals surface area contributed by atoms with Crippen molar-refractivity contribution >= 4 is 5.91 Å². The van der Waals surface area contributed by atoms with Crippen molar-refractivity contribution in [2.75, 3.05) is 0 Å². The molecule has 2 aliphatic rings. The second kappa shape index (κ2) is 6.37. The molecule has 26 heavy (non-hydrogen) atoms. The predicted octanol–water partition coefficient (Wildman–Crippen LogP) is 1.63. The highest BCUT2D eigenvalue weighted by molar-refractivity contribution is 5.94. The van der Waals surface area contributed by atoms with Crippen LogP contribution >= 0.6 is 0 Å². The van der Waals surface area contributed by atoms with E-state index in [4.69, 9.17) is 0 Å². The first-order chi connectivity index (χ1) is 12.5. The van der Waals surface area contributed by atoms with Gasteiger partial charge in [-0.25, -0.2) is 9.48 Å². The van der Waals surface area contributed by atoms with Gasteiger partial charge in [-0.2, -0.15) is 5.10 Å². The third-order valence-corrected chi connectivity index (χ3v) is 5.42. The fraction of sp³-hybridized carbons (Fsp3) is 0.579. The number of pyridine rings is 1. The average molecular weight is 355 g/mol. The molecular weight excluding hydrogens is 330 g/mol. The molecule has 138 valence electrons. The van der Waals surface area contributed by atoms with Crippen molar-refractivity contribution in [3.8, 4) is 0 Å². The van der Waals surface area contributed by atoms with Gasteiger partial charge in [0.1, 0.15) is 11.5 Å². The van der Waals surface area contributed by atoms with E-state index in [1.54, 1.807) is 15.4 Å². The first kappa shape index (κ1) is 17.0. The fourth-order valence-electron chi connectivity index (χ4n) is 4.21. The van der Waals surface area contributed by atoms with E-state index in [2.05, 4.69) is 23.9 Å². The van der Waals surface area contributed by atoms with Crippen molar-refractivity contribution in [1.82, 2.24) is 24.2 Å². The summed E-state index contributed by atoms with van der Waals surface area (Å²) in [5, 5.41) is 4.57. The van der Waals surface area contributed by atoms with Gasteiger partial charge in [-0.05, 0) is 37.3 Å². The molecule has 2 unspecified atom stereocenters. The fourth-order valence-corrected chi connectivity index (χ4v) is 4.21. The lowest BCUT2D eigenvalue weighted by molar-refractivity contribution is 0.0657. The number of hydrogen-bond acceptors (Lipinski definition) is 4. The van der Waals surface area contributed by atoms with Crippen LogP contribution in [0.3, 0.4) is 0 Å². The van der Waals surface area contributed by atoms with E-state index in [0.717, 1.165) is 24.2 Å². The molecule has 1 saturated heterocycles. The largest absolute Gasteiger partial charge is 0.345 e. The third kappa shape index (κ3) is 2.75. The van der Waals surface area contributed by atoms with E-state index in [0.29, 0.717) is 31.1 Å². The Morgan fingerprint density at radius 2 is 2.08 bits per heavy atom. The summed E-state index contributed by atoms with van der Waals surface area (Å²) in [5.41, 5.74) is 1.35. The van der Waals surface area contributed by atoms with Gasteiger partial charge in [-0.1, -0.05) is 19.9 Å². The number of aromatic nitrogens is 4. The molecule has 1 amide bonds. The smallest absolute Gasteiger partial charge is 0.329 e. The summed E-state index contributed by atoms with van der Waals surface area (Å²) in [5.74, 6) is 1.15. The van der Waals surface area contributed by atoms with Gasteiger partial charge in [-0.3, -0.25) is 14.3 Å². The van der Waals surface area contributed by atoms with Gasteiger partial charge in [0.2, 0.25) is 0 Å². The van der Waals surface area contributed by atoms with E-state index in [1.165, 1.54) is 0 Å². The molecule has 7 nitrogen and oxygen atoms in total. The molecule has 0 aliphatic carbocycles. The van der Waals surface area contributed by atoms with Gasteiger partial charge < -0.3 is 4.90 Å². The zero-order valence-corrected chi connectivity index (χ0v) is 15.6. The van der Waals surface area contributed by atoms with Gasteiger partial charge in [-0.15, -0.1) is 0 Å². The normalized spacial score (nSPS) is 21.8. The van der Waals surface area contributed by atoms with Crippen molar-refractivity contribution < 1.29 is 4.79 Å². The molecule has 1 fully saturated rings. The Morgan fingerprint density at radius 3 is 2.81 bits per heavy atom. The summed E-state index contributed by atoms with van der Waals surface area (Å²) in [6.45, 7) is 7.23. The molecule has 2 bridgehead atoms. The van der Waals surface area contributed by atoms with Crippen LogP contribution in [0.4, 0.5) is 0 Å². The minimum atomic E-state index is -0.0531. The molecule has 0 radical (unpaired) electrons. The first-order valence-electron chi connectivity index (χ1n) is 9.36. The highest BCUT2D eigenvalue weighted by Crippen LogP contribution is 2.32. The number of nitrogens with zero attached hydrogens (tertiary/aromatic N) is 5. The molecule has 0 spiro atoms. The van der Waals surface area contributed by atoms with Crippen molar-refractivity contribution in [3.63, 3.8) is 0 Å². The average Bonchev–Trinajstić information content (AvgIpc) is 3.04. The Hall–Kier alpha value is -2.44. The molecule has 4 heterocycles. The van der Waals surface area contributed by atoms with Crippen molar-refractivity contribution in [3.05, 3.63) is 45.9 Å². The molecule has 4 rings (SSSR count). The molecular formula is C19H25N5O2. The minimum absolute atomic E-state index is 0.0242. The SMILES string of the molecule is Cc1cccnc1C(=O)N1C2CCC1Cn1c(nn(CC(C)C)c1=O)C2. The first-order valence-corrected chi connectivity index (χ1v) is 9.36. The highest BCUT2D eigenvalue weighted by Gasteiger charge is 2.42. The lowest BCUT2D eigenvalue weighted by Gasteiger charge is -2.28. The maximum Gasteiger partial charge on any atom is 0.345 e. The van der Waals surface area contributed by atoms with Crippen LogP contribution in [0.5, 0.6) is 0 Å². The number of rotatable bonds is 3. The number of fused-ring (bicyclic) bond motifs is 3. The number of amides is 1. The zero-order valence-electron chi connectivity index (χ0n) is 15.6. The molecule has 2 aromatic rings. The second-order valence-electron chi connectivity index (χ2n) is 7.86. The van der Waals surface area contributed by atoms with Gasteiger partial charge in [0.15, 0.2) is 0 Å². The number of carbonyl (C=O) groups is 1. The Balaban J connectivity index is 1.66. The van der Waals surface area contributed by atoms with E-state index >= 15 is 0 Å². The van der Waals surface area contributed by atoms with E-state index in [-0.39, 0.29) is 23.7 Å². The molecule has 0 aromatic carbocycles. The van der Waals surface area contributed by atoms with Crippen LogP contribution in [-0.4, -0.2) is 42.2 Å². The number of hydrogen-bond donors (Lipinski definition) is 0. The monoisotopic (exact) mass is 355 g/mol. The molecule has 2 aliphatic heterocycles. The number of aryl methyl sites for hydroxylation is 1. The Labute approximate surface area is 152 Å². The van der Waals surface area contributed by atoms with Gasteiger partial charge in [0.05, 0.1) is 6.04 Å². The standard InChI is InChI=1S/C19H25N5O2/c1-12(2)10-23-19(26)22-11-15-7-6-14(9-16(22)21-23)24(15)18(25)17-13(3)5-4-8-20-17/h4-5,8,12,14-15H,6-7,9-11H2,1-3H3. The minimum Gasteiger partial charge on any atom is -0.329 e. The number of carbonyl (C=O) groups excluding carboxylic acids is 1. The van der Waals surface area contributed by atoms with Crippen molar-refractivity contribution in [2.45, 2.75) is 65.2 Å². The van der Waals surface area contributed by atoms with Crippen molar-refractivity contribution in [1.29, 1.82) is 0 Å². The predicted molar refractivity (Wildman–Crippen MR) is 97.0 cm³/mol. The zero-order chi connectivity index (χ0) is 18.4. The Bertz CT molecular complexity index is 898. The molecule has 0 saturated carbocycles. The van der Waals surface area contributed by atoms with Gasteiger partial charge >= 0.3 is 5.69 Å². The van der Waals surface area contributed by atoms with Crippen LogP contribution < -0.4 is 5.69 Å². The van der Waals surface area contributed by atoms with Gasteiger partial charge in [0, 0.05) is 31.7 Å². The summed E-state index contributed by atoms with van der Waals surface area (Å²) in [6.07, 6.45) is 4.17. The van der Waals surface area contributed by atoms with E-state index in [9.17, 15) is 9.59 Å². The molecule has 7 heteroatoms. The third-order valence-electron chi connectivity index (χ3n) is 5.42. The van der Waals surface area contributed by atoms with Crippen LogP contribution in [-0.2, 0) is 19.5 Å². The summed E-state index contributed by atoms with van der Waals surface area (Å²) in [7, 11) is 0. The van der Waals surface area contributed by atoms with Gasteiger partial charge in [0.25, 0.3) is 5.91 Å². The van der Waals surface area contributed by atoms with Crippen molar-refractivity contribution in [2.24, 2.45) is 5.92 Å². The summed E-state index contributed by atoms with van der Waals surface area (Å²) in [4.78, 5) is 32.1. The van der Waals surface area contributed by atoms with Crippen LogP contribution in [0.2, 0.25) is 0 Å². The van der Waals surface area contributed by atoms with Crippen LogP contribution in [0.1, 0.15) is 48.6 Å². The summed E-state index contributed by atoms with van der Waals surface area (Å²) < 4.78 is 3.36. The van der Waals surface area contributed by atoms with E-state index < -0.39 is 0 Å². The molecule has 2 atom stereocenters.